The zero-order valence-corrected chi connectivity index (χ0v) is 15.5. The first-order valence-electron chi connectivity index (χ1n) is 7.78. The smallest absolute Gasteiger partial charge is 0.345 e. The highest BCUT2D eigenvalue weighted by atomic mass is 32.1. The molecule has 1 aromatic heterocycles. The predicted octanol–water partition coefficient (Wildman–Crippen LogP) is 3.53. The van der Waals surface area contributed by atoms with Gasteiger partial charge in [-0.1, -0.05) is 11.8 Å². The van der Waals surface area contributed by atoms with E-state index in [0.717, 1.165) is 22.8 Å². The van der Waals surface area contributed by atoms with Crippen LogP contribution in [0.25, 0.3) is 0 Å². The van der Waals surface area contributed by atoms with Crippen molar-refractivity contribution in [3.05, 3.63) is 51.5 Å². The number of aryl methyl sites for hydroxylation is 1. The molecular weight excluding hydrogens is 361 g/mol. The Balaban J connectivity index is 1.88. The van der Waals surface area contributed by atoms with Crippen molar-refractivity contribution in [1.82, 2.24) is 15.2 Å². The number of alkyl halides is 3. The number of hydrogen-bond acceptors (Lipinski definition) is 3. The summed E-state index contributed by atoms with van der Waals surface area (Å²) in [4.78, 5) is 10.5. The number of aromatic nitrogens is 1. The van der Waals surface area contributed by atoms with Crippen LogP contribution in [-0.2, 0) is 12.7 Å². The minimum absolute atomic E-state index is 0.328. The molecule has 4 nitrogen and oxygen atoms in total. The molecule has 0 atom stereocenters. The number of hydrogen-bond donors (Lipinski definition) is 1. The second-order valence-electron chi connectivity index (χ2n) is 5.49. The van der Waals surface area contributed by atoms with E-state index in [4.69, 9.17) is 0 Å². The van der Waals surface area contributed by atoms with E-state index in [-0.39, 0.29) is 0 Å². The summed E-state index contributed by atoms with van der Waals surface area (Å²) in [7, 11) is 3.57. The van der Waals surface area contributed by atoms with Gasteiger partial charge in [0.25, 0.3) is 0 Å². The number of rotatable bonds is 3. The molecule has 26 heavy (non-hydrogen) atoms. The van der Waals surface area contributed by atoms with E-state index < -0.39 is 11.7 Å². The Labute approximate surface area is 154 Å². The quantitative estimate of drug-likeness (QED) is 0.503. The van der Waals surface area contributed by atoms with Gasteiger partial charge < -0.3 is 10.2 Å². The molecule has 0 fully saturated rings. The molecule has 1 heterocycles. The van der Waals surface area contributed by atoms with Crippen molar-refractivity contribution in [2.45, 2.75) is 19.6 Å². The van der Waals surface area contributed by atoms with Crippen LogP contribution in [-0.4, -0.2) is 36.5 Å². The third kappa shape index (κ3) is 5.77. The first-order chi connectivity index (χ1) is 12.3. The Morgan fingerprint density at radius 1 is 1.31 bits per heavy atom. The number of halogens is 3. The monoisotopic (exact) mass is 380 g/mol. The minimum atomic E-state index is -4.33. The number of nitrogens with one attached hydrogen (secondary N) is 1. The molecule has 0 saturated heterocycles. The van der Waals surface area contributed by atoms with Gasteiger partial charge in [0.2, 0.25) is 0 Å². The van der Waals surface area contributed by atoms with Crippen LogP contribution in [0.2, 0.25) is 0 Å². The van der Waals surface area contributed by atoms with Crippen molar-refractivity contribution in [3.63, 3.8) is 0 Å². The maximum absolute atomic E-state index is 12.5. The lowest BCUT2D eigenvalue weighted by molar-refractivity contribution is -0.137. The molecule has 0 aliphatic heterocycles. The Morgan fingerprint density at radius 2 is 2.00 bits per heavy atom. The van der Waals surface area contributed by atoms with Crippen LogP contribution in [0, 0.1) is 18.8 Å². The van der Waals surface area contributed by atoms with Crippen LogP contribution < -0.4 is 5.32 Å². The highest BCUT2D eigenvalue weighted by molar-refractivity contribution is 7.09. The van der Waals surface area contributed by atoms with E-state index >= 15 is 0 Å². The molecular formula is C18H19F3N4S. The zero-order valence-electron chi connectivity index (χ0n) is 14.7. The first kappa shape index (κ1) is 19.8. The molecule has 0 aliphatic rings. The van der Waals surface area contributed by atoms with Gasteiger partial charge >= 0.3 is 6.18 Å². The SMILES string of the molecule is CN=C(NCC#Cc1ccc(C(F)(F)F)cc1)N(C)Cc1csc(C)n1. The Bertz CT molecular complexity index is 813. The van der Waals surface area contributed by atoms with E-state index in [1.807, 2.05) is 24.3 Å². The Morgan fingerprint density at radius 3 is 2.54 bits per heavy atom. The van der Waals surface area contributed by atoms with E-state index in [9.17, 15) is 13.2 Å². The molecule has 138 valence electrons. The Hall–Kier alpha value is -2.53. The van der Waals surface area contributed by atoms with Crippen molar-refractivity contribution < 1.29 is 13.2 Å². The van der Waals surface area contributed by atoms with Gasteiger partial charge in [-0.2, -0.15) is 13.2 Å². The predicted molar refractivity (Wildman–Crippen MR) is 98.0 cm³/mol. The number of guanidine groups is 1. The summed E-state index contributed by atoms with van der Waals surface area (Å²) in [6.45, 7) is 2.91. The molecule has 1 aromatic carbocycles. The molecule has 2 rings (SSSR count). The molecule has 0 saturated carbocycles. The van der Waals surface area contributed by atoms with Crippen molar-refractivity contribution in [3.8, 4) is 11.8 Å². The second kappa shape index (κ2) is 8.72. The molecule has 0 amide bonds. The Kier molecular flexibility index (Phi) is 6.64. The van der Waals surface area contributed by atoms with Gasteiger partial charge in [-0.05, 0) is 31.2 Å². The van der Waals surface area contributed by atoms with Crippen LogP contribution in [0.15, 0.2) is 34.6 Å². The van der Waals surface area contributed by atoms with Crippen LogP contribution in [0.4, 0.5) is 13.2 Å². The highest BCUT2D eigenvalue weighted by Gasteiger charge is 2.29. The lowest BCUT2D eigenvalue weighted by atomic mass is 10.1. The summed E-state index contributed by atoms with van der Waals surface area (Å²) in [5.74, 6) is 6.38. The molecule has 0 aliphatic carbocycles. The number of thiazole rings is 1. The summed E-state index contributed by atoms with van der Waals surface area (Å²) in [5, 5.41) is 6.12. The lowest BCUT2D eigenvalue weighted by Crippen LogP contribution is -2.38. The van der Waals surface area contributed by atoms with Crippen molar-refractivity contribution in [2.75, 3.05) is 20.6 Å². The third-order valence-corrected chi connectivity index (χ3v) is 4.24. The molecule has 0 bridgehead atoms. The van der Waals surface area contributed by atoms with Crippen LogP contribution in [0.1, 0.15) is 21.8 Å². The second-order valence-corrected chi connectivity index (χ2v) is 6.55. The van der Waals surface area contributed by atoms with Crippen LogP contribution in [0.5, 0.6) is 0 Å². The van der Waals surface area contributed by atoms with E-state index in [1.165, 1.54) is 12.1 Å². The van der Waals surface area contributed by atoms with Gasteiger partial charge in [-0.3, -0.25) is 4.99 Å². The standard InChI is InChI=1S/C18H19F3N4S/c1-13-24-16(12-26-13)11-25(3)17(22-2)23-10-4-5-14-6-8-15(9-7-14)18(19,20)21/h6-9,12H,10-11H2,1-3H3,(H,22,23). The van der Waals surface area contributed by atoms with Crippen molar-refractivity contribution in [1.29, 1.82) is 0 Å². The van der Waals surface area contributed by atoms with Gasteiger partial charge in [-0.15, -0.1) is 11.3 Å². The van der Waals surface area contributed by atoms with Gasteiger partial charge in [0, 0.05) is 25.0 Å². The summed E-state index contributed by atoms with van der Waals surface area (Å²) in [6, 6.07) is 4.78. The summed E-state index contributed by atoms with van der Waals surface area (Å²) >= 11 is 1.60. The van der Waals surface area contributed by atoms with Gasteiger partial charge in [0.1, 0.15) is 0 Å². The van der Waals surface area contributed by atoms with E-state index in [0.29, 0.717) is 24.6 Å². The highest BCUT2D eigenvalue weighted by Crippen LogP contribution is 2.28. The van der Waals surface area contributed by atoms with Crippen LogP contribution >= 0.6 is 11.3 Å². The fourth-order valence-electron chi connectivity index (χ4n) is 2.20. The summed E-state index contributed by atoms with van der Waals surface area (Å²) in [5.41, 5.74) is 0.815. The normalized spacial score (nSPS) is 11.7. The molecule has 8 heteroatoms. The largest absolute Gasteiger partial charge is 0.416 e. The first-order valence-corrected chi connectivity index (χ1v) is 8.66. The maximum Gasteiger partial charge on any atom is 0.416 e. The van der Waals surface area contributed by atoms with Crippen molar-refractivity contribution in [2.24, 2.45) is 4.99 Å². The number of benzene rings is 1. The lowest BCUT2D eigenvalue weighted by Gasteiger charge is -2.20. The summed E-state index contributed by atoms with van der Waals surface area (Å²) in [6.07, 6.45) is -4.33. The topological polar surface area (TPSA) is 40.5 Å². The molecule has 0 radical (unpaired) electrons. The third-order valence-electron chi connectivity index (χ3n) is 3.42. The summed E-state index contributed by atoms with van der Waals surface area (Å²) < 4.78 is 37.6. The molecule has 2 aromatic rings. The van der Waals surface area contributed by atoms with Gasteiger partial charge in [0.15, 0.2) is 5.96 Å². The van der Waals surface area contributed by atoms with Crippen molar-refractivity contribution >= 4 is 17.3 Å². The fraction of sp³-hybridized carbons (Fsp3) is 0.333. The average Bonchev–Trinajstić information content (AvgIpc) is 2.99. The van der Waals surface area contributed by atoms with E-state index in [2.05, 4.69) is 27.1 Å². The van der Waals surface area contributed by atoms with E-state index in [1.54, 1.807) is 18.4 Å². The molecule has 1 N–H and O–H groups in total. The number of aliphatic imine (C=N–C) groups is 1. The zero-order chi connectivity index (χ0) is 19.2. The molecule has 0 spiro atoms. The maximum atomic E-state index is 12.5. The number of nitrogens with zero attached hydrogens (tertiary/aromatic N) is 3. The van der Waals surface area contributed by atoms with Crippen LogP contribution in [0.3, 0.4) is 0 Å². The molecule has 0 unspecified atom stereocenters. The van der Waals surface area contributed by atoms with Gasteiger partial charge in [0.05, 0.1) is 29.4 Å². The average molecular weight is 380 g/mol. The fourth-order valence-corrected chi connectivity index (χ4v) is 2.80. The van der Waals surface area contributed by atoms with Gasteiger partial charge in [-0.25, -0.2) is 4.98 Å². The minimum Gasteiger partial charge on any atom is -0.345 e.